The summed E-state index contributed by atoms with van der Waals surface area (Å²) in [6, 6.07) is 5.25. The van der Waals surface area contributed by atoms with Gasteiger partial charge in [0.2, 0.25) is 5.91 Å². The molecule has 0 saturated carbocycles. The van der Waals surface area contributed by atoms with Crippen molar-refractivity contribution in [2.75, 3.05) is 13.7 Å². The van der Waals surface area contributed by atoms with E-state index in [1.54, 1.807) is 25.3 Å². The van der Waals surface area contributed by atoms with E-state index >= 15 is 0 Å². The van der Waals surface area contributed by atoms with Gasteiger partial charge in [-0.25, -0.2) is 0 Å². The summed E-state index contributed by atoms with van der Waals surface area (Å²) in [6.07, 6.45) is 1.29. The van der Waals surface area contributed by atoms with Crippen molar-refractivity contribution in [2.45, 2.75) is 18.9 Å². The van der Waals surface area contributed by atoms with E-state index in [-0.39, 0.29) is 17.9 Å². The predicted molar refractivity (Wildman–Crippen MR) is 74.2 cm³/mol. The van der Waals surface area contributed by atoms with Crippen LogP contribution in [0.4, 0.5) is 0 Å². The van der Waals surface area contributed by atoms with E-state index in [1.807, 2.05) is 0 Å². The molecule has 1 saturated heterocycles. The predicted octanol–water partition coefficient (Wildman–Crippen LogP) is 1.47. The second-order valence-corrected chi connectivity index (χ2v) is 5.21. The summed E-state index contributed by atoms with van der Waals surface area (Å²) < 4.78 is 5.80. The molecule has 1 aromatic carbocycles. The SMILES string of the molecule is COc1ccc(Br)c(C(=O)NCC2CCC(=O)N2)c1. The molecule has 5 nitrogen and oxygen atoms in total. The Labute approximate surface area is 119 Å². The van der Waals surface area contributed by atoms with Crippen LogP contribution in [0.1, 0.15) is 23.2 Å². The van der Waals surface area contributed by atoms with Crippen molar-refractivity contribution < 1.29 is 14.3 Å². The van der Waals surface area contributed by atoms with Crippen molar-refractivity contribution in [1.82, 2.24) is 10.6 Å². The maximum Gasteiger partial charge on any atom is 0.252 e. The monoisotopic (exact) mass is 326 g/mol. The molecule has 2 N–H and O–H groups in total. The molecule has 6 heteroatoms. The molecular weight excluding hydrogens is 312 g/mol. The molecule has 1 atom stereocenters. The Morgan fingerprint density at radius 2 is 2.37 bits per heavy atom. The number of amides is 2. The number of benzene rings is 1. The standard InChI is InChI=1S/C13H15BrN2O3/c1-19-9-3-4-11(14)10(6-9)13(18)15-7-8-2-5-12(17)16-8/h3-4,6,8H,2,5,7H2,1H3,(H,15,18)(H,16,17). The fourth-order valence-corrected chi connectivity index (χ4v) is 2.37. The van der Waals surface area contributed by atoms with Gasteiger partial charge in [-0.15, -0.1) is 0 Å². The molecular formula is C13H15BrN2O3. The average molecular weight is 327 g/mol. The van der Waals surface area contributed by atoms with Crippen molar-refractivity contribution in [3.05, 3.63) is 28.2 Å². The van der Waals surface area contributed by atoms with Gasteiger partial charge in [-0.3, -0.25) is 9.59 Å². The van der Waals surface area contributed by atoms with Crippen LogP contribution < -0.4 is 15.4 Å². The van der Waals surface area contributed by atoms with Gasteiger partial charge in [-0.2, -0.15) is 0 Å². The van der Waals surface area contributed by atoms with Crippen molar-refractivity contribution in [3.63, 3.8) is 0 Å². The van der Waals surface area contributed by atoms with E-state index in [9.17, 15) is 9.59 Å². The third-order valence-corrected chi connectivity index (χ3v) is 3.70. The number of rotatable bonds is 4. The van der Waals surface area contributed by atoms with Gasteiger partial charge in [-0.05, 0) is 40.5 Å². The summed E-state index contributed by atoms with van der Waals surface area (Å²) in [6.45, 7) is 0.439. The quantitative estimate of drug-likeness (QED) is 0.880. The third kappa shape index (κ3) is 3.47. The van der Waals surface area contributed by atoms with Crippen LogP contribution in [0.2, 0.25) is 0 Å². The van der Waals surface area contributed by atoms with E-state index in [2.05, 4.69) is 26.6 Å². The highest BCUT2D eigenvalue weighted by molar-refractivity contribution is 9.10. The fourth-order valence-electron chi connectivity index (χ4n) is 1.95. The molecule has 1 unspecified atom stereocenters. The van der Waals surface area contributed by atoms with Gasteiger partial charge in [0, 0.05) is 23.5 Å². The van der Waals surface area contributed by atoms with Crippen LogP contribution in [0.3, 0.4) is 0 Å². The van der Waals surface area contributed by atoms with Crippen LogP contribution in [-0.4, -0.2) is 31.5 Å². The highest BCUT2D eigenvalue weighted by atomic mass is 79.9. The molecule has 1 fully saturated rings. The number of hydrogen-bond acceptors (Lipinski definition) is 3. The first-order valence-corrected chi connectivity index (χ1v) is 6.80. The highest BCUT2D eigenvalue weighted by Crippen LogP contribution is 2.22. The Hall–Kier alpha value is -1.56. The lowest BCUT2D eigenvalue weighted by atomic mass is 10.2. The number of carbonyl (C=O) groups is 2. The minimum atomic E-state index is -0.188. The van der Waals surface area contributed by atoms with Gasteiger partial charge in [0.15, 0.2) is 0 Å². The van der Waals surface area contributed by atoms with Crippen LogP contribution >= 0.6 is 15.9 Å². The molecule has 1 aliphatic rings. The topological polar surface area (TPSA) is 67.4 Å². The third-order valence-electron chi connectivity index (χ3n) is 3.01. The lowest BCUT2D eigenvalue weighted by molar-refractivity contribution is -0.119. The van der Waals surface area contributed by atoms with Crippen molar-refractivity contribution in [2.24, 2.45) is 0 Å². The molecule has 1 heterocycles. The van der Waals surface area contributed by atoms with E-state index in [0.717, 1.165) is 6.42 Å². The lowest BCUT2D eigenvalue weighted by Crippen LogP contribution is -2.38. The molecule has 2 amide bonds. The minimum Gasteiger partial charge on any atom is -0.497 e. The molecule has 2 rings (SSSR count). The van der Waals surface area contributed by atoms with Crippen LogP contribution in [0.25, 0.3) is 0 Å². The van der Waals surface area contributed by atoms with Crippen LogP contribution in [0, 0.1) is 0 Å². The molecule has 0 aliphatic carbocycles. The van der Waals surface area contributed by atoms with E-state index < -0.39 is 0 Å². The van der Waals surface area contributed by atoms with E-state index in [1.165, 1.54) is 0 Å². The Morgan fingerprint density at radius 1 is 1.58 bits per heavy atom. The number of nitrogens with one attached hydrogen (secondary N) is 2. The number of methoxy groups -OCH3 is 1. The summed E-state index contributed by atoms with van der Waals surface area (Å²) in [5, 5.41) is 5.62. The van der Waals surface area contributed by atoms with Crippen LogP contribution in [0.15, 0.2) is 22.7 Å². The molecule has 1 aromatic rings. The minimum absolute atomic E-state index is 0.0285. The zero-order valence-corrected chi connectivity index (χ0v) is 12.1. The maximum atomic E-state index is 12.1. The van der Waals surface area contributed by atoms with Gasteiger partial charge < -0.3 is 15.4 Å². The zero-order chi connectivity index (χ0) is 13.8. The van der Waals surface area contributed by atoms with Gasteiger partial charge in [0.1, 0.15) is 5.75 Å². The Kier molecular flexibility index (Phi) is 4.42. The molecule has 0 aromatic heterocycles. The summed E-state index contributed by atoms with van der Waals surface area (Å²) in [5.41, 5.74) is 0.517. The Balaban J connectivity index is 1.97. The summed E-state index contributed by atoms with van der Waals surface area (Å²) in [5.74, 6) is 0.483. The molecule has 1 aliphatic heterocycles. The second kappa shape index (κ2) is 6.06. The smallest absolute Gasteiger partial charge is 0.252 e. The number of carbonyl (C=O) groups excluding carboxylic acids is 2. The molecule has 0 spiro atoms. The lowest BCUT2D eigenvalue weighted by Gasteiger charge is -2.12. The second-order valence-electron chi connectivity index (χ2n) is 4.36. The molecule has 0 bridgehead atoms. The Morgan fingerprint density at radius 3 is 3.00 bits per heavy atom. The normalized spacial score (nSPS) is 18.0. The first-order chi connectivity index (χ1) is 9.10. The van der Waals surface area contributed by atoms with Gasteiger partial charge >= 0.3 is 0 Å². The van der Waals surface area contributed by atoms with Crippen molar-refractivity contribution in [3.8, 4) is 5.75 Å². The molecule has 102 valence electrons. The first kappa shape index (κ1) is 13.9. The summed E-state index contributed by atoms with van der Waals surface area (Å²) in [4.78, 5) is 23.1. The highest BCUT2D eigenvalue weighted by Gasteiger charge is 2.21. The zero-order valence-electron chi connectivity index (χ0n) is 10.5. The average Bonchev–Trinajstić information content (AvgIpc) is 2.82. The fraction of sp³-hybridized carbons (Fsp3) is 0.385. The molecule has 0 radical (unpaired) electrons. The number of halogens is 1. The number of ether oxygens (including phenoxy) is 1. The van der Waals surface area contributed by atoms with Gasteiger partial charge in [0.05, 0.1) is 12.7 Å². The van der Waals surface area contributed by atoms with Crippen molar-refractivity contribution >= 4 is 27.7 Å². The van der Waals surface area contributed by atoms with E-state index in [0.29, 0.717) is 28.8 Å². The van der Waals surface area contributed by atoms with E-state index in [4.69, 9.17) is 4.74 Å². The van der Waals surface area contributed by atoms with Crippen LogP contribution in [0.5, 0.6) is 5.75 Å². The van der Waals surface area contributed by atoms with Gasteiger partial charge in [-0.1, -0.05) is 0 Å². The van der Waals surface area contributed by atoms with Crippen molar-refractivity contribution in [1.29, 1.82) is 0 Å². The first-order valence-electron chi connectivity index (χ1n) is 6.01. The molecule has 19 heavy (non-hydrogen) atoms. The number of hydrogen-bond donors (Lipinski definition) is 2. The summed E-state index contributed by atoms with van der Waals surface area (Å²) >= 11 is 3.34. The summed E-state index contributed by atoms with van der Waals surface area (Å²) in [7, 11) is 1.55. The Bertz CT molecular complexity index is 505. The maximum absolute atomic E-state index is 12.1. The largest absolute Gasteiger partial charge is 0.497 e. The van der Waals surface area contributed by atoms with Gasteiger partial charge in [0.25, 0.3) is 5.91 Å². The van der Waals surface area contributed by atoms with Crippen LogP contribution in [-0.2, 0) is 4.79 Å².